The van der Waals surface area contributed by atoms with Crippen molar-refractivity contribution < 1.29 is 9.13 Å². The van der Waals surface area contributed by atoms with E-state index in [1.165, 1.54) is 6.07 Å². The van der Waals surface area contributed by atoms with Gasteiger partial charge >= 0.3 is 0 Å². The van der Waals surface area contributed by atoms with Crippen LogP contribution in [0.25, 0.3) is 0 Å². The molecule has 0 spiro atoms. The number of nitriles is 1. The van der Waals surface area contributed by atoms with E-state index in [1.54, 1.807) is 30.5 Å². The highest BCUT2D eigenvalue weighted by Crippen LogP contribution is 2.18. The van der Waals surface area contributed by atoms with Gasteiger partial charge in [-0.1, -0.05) is 12.1 Å². The lowest BCUT2D eigenvalue weighted by atomic mass is 10.1. The lowest BCUT2D eigenvalue weighted by Gasteiger charge is -2.33. The molecule has 0 atom stereocenters. The number of nitrogens with one attached hydrogen (secondary N) is 1. The van der Waals surface area contributed by atoms with E-state index in [-0.39, 0.29) is 5.82 Å². The highest BCUT2D eigenvalue weighted by Gasteiger charge is 2.19. The van der Waals surface area contributed by atoms with Gasteiger partial charge in [0, 0.05) is 31.9 Å². The van der Waals surface area contributed by atoms with Crippen molar-refractivity contribution in [3.8, 4) is 11.8 Å². The van der Waals surface area contributed by atoms with Crippen LogP contribution in [0.2, 0.25) is 0 Å². The van der Waals surface area contributed by atoms with Gasteiger partial charge in [0.25, 0.3) is 0 Å². The lowest BCUT2D eigenvalue weighted by molar-refractivity contribution is 0.284. The average molecular weight is 340 g/mol. The van der Waals surface area contributed by atoms with Gasteiger partial charge < -0.3 is 15.0 Å². The van der Waals surface area contributed by atoms with Crippen LogP contribution in [0.1, 0.15) is 18.4 Å². The number of halogens is 1. The van der Waals surface area contributed by atoms with Crippen molar-refractivity contribution in [3.63, 3.8) is 0 Å². The highest BCUT2D eigenvalue weighted by molar-refractivity contribution is 5.42. The summed E-state index contributed by atoms with van der Waals surface area (Å²) in [6, 6.07) is 12.7. The molecular formula is C19H21FN4O. The number of rotatable bonds is 6. The molecule has 2 aromatic rings. The monoisotopic (exact) mass is 340 g/mol. The molecule has 1 aliphatic heterocycles. The number of pyridine rings is 1. The van der Waals surface area contributed by atoms with Crippen LogP contribution >= 0.6 is 0 Å². The summed E-state index contributed by atoms with van der Waals surface area (Å²) in [5.74, 6) is 0.886. The summed E-state index contributed by atoms with van der Waals surface area (Å²) in [6.45, 7) is 2.97. The summed E-state index contributed by atoms with van der Waals surface area (Å²) in [6.07, 6.45) is 3.64. The van der Waals surface area contributed by atoms with E-state index in [9.17, 15) is 4.39 Å². The van der Waals surface area contributed by atoms with Crippen molar-refractivity contribution >= 4 is 5.82 Å². The lowest BCUT2D eigenvalue weighted by Crippen LogP contribution is -2.43. The van der Waals surface area contributed by atoms with Gasteiger partial charge in [0.1, 0.15) is 18.5 Å². The number of benzene rings is 1. The summed E-state index contributed by atoms with van der Waals surface area (Å²) < 4.78 is 18.9. The van der Waals surface area contributed by atoms with Crippen molar-refractivity contribution in [2.75, 3.05) is 31.1 Å². The molecule has 3 rings (SSSR count). The molecule has 0 radical (unpaired) electrons. The van der Waals surface area contributed by atoms with Crippen LogP contribution in [0.3, 0.4) is 0 Å². The minimum atomic E-state index is -0.328. The predicted octanol–water partition coefficient (Wildman–Crippen LogP) is 2.73. The molecule has 1 aromatic heterocycles. The molecule has 0 bridgehead atoms. The third-order valence-electron chi connectivity index (χ3n) is 4.33. The Morgan fingerprint density at radius 3 is 2.72 bits per heavy atom. The third-order valence-corrected chi connectivity index (χ3v) is 4.33. The molecule has 1 aliphatic rings. The Hall–Kier alpha value is -2.65. The van der Waals surface area contributed by atoms with E-state index in [0.717, 1.165) is 31.7 Å². The predicted molar refractivity (Wildman–Crippen MR) is 94.1 cm³/mol. The van der Waals surface area contributed by atoms with Crippen LogP contribution in [-0.4, -0.2) is 37.3 Å². The van der Waals surface area contributed by atoms with Crippen LogP contribution in [-0.2, 0) is 0 Å². The number of anilines is 1. The fourth-order valence-electron chi connectivity index (χ4n) is 2.94. The molecule has 0 aliphatic carbocycles. The molecule has 0 saturated carbocycles. The largest absolute Gasteiger partial charge is 0.489 e. The maximum atomic E-state index is 13.4. The first-order chi connectivity index (χ1) is 12.3. The topological polar surface area (TPSA) is 61.2 Å². The maximum Gasteiger partial charge on any atom is 0.165 e. The number of hydrogen-bond donors (Lipinski definition) is 1. The molecule has 130 valence electrons. The minimum Gasteiger partial charge on any atom is -0.489 e. The van der Waals surface area contributed by atoms with E-state index in [1.807, 2.05) is 6.07 Å². The van der Waals surface area contributed by atoms with E-state index in [2.05, 4.69) is 21.3 Å². The van der Waals surface area contributed by atoms with Crippen LogP contribution in [0.5, 0.6) is 5.75 Å². The van der Waals surface area contributed by atoms with Gasteiger partial charge in [-0.15, -0.1) is 0 Å². The second-order valence-electron chi connectivity index (χ2n) is 6.01. The summed E-state index contributed by atoms with van der Waals surface area (Å²) in [4.78, 5) is 6.57. The smallest absolute Gasteiger partial charge is 0.165 e. The fraction of sp³-hybridized carbons (Fsp3) is 0.368. The molecule has 1 fully saturated rings. The second kappa shape index (κ2) is 8.45. The Kier molecular flexibility index (Phi) is 5.81. The quantitative estimate of drug-likeness (QED) is 0.820. The Morgan fingerprint density at radius 2 is 2.04 bits per heavy atom. The molecule has 0 amide bonds. The van der Waals surface area contributed by atoms with Crippen molar-refractivity contribution in [1.82, 2.24) is 10.3 Å². The summed E-state index contributed by atoms with van der Waals surface area (Å²) in [7, 11) is 0. The van der Waals surface area contributed by atoms with Crippen molar-refractivity contribution in [2.24, 2.45) is 0 Å². The first-order valence-electron chi connectivity index (χ1n) is 8.48. The Morgan fingerprint density at radius 1 is 1.24 bits per heavy atom. The zero-order valence-corrected chi connectivity index (χ0v) is 14.0. The standard InChI is InChI=1S/C19H21FN4O/c20-17-3-1-2-4-18(17)25-12-9-22-16-7-10-24(11-8-16)19-6-5-15(13-21)14-23-19/h1-6,14,16,22H,7-12H2. The SMILES string of the molecule is N#Cc1ccc(N2CCC(NCCOc3ccccc3F)CC2)nc1. The molecule has 5 nitrogen and oxygen atoms in total. The first kappa shape index (κ1) is 17.2. The van der Waals surface area contributed by atoms with Gasteiger partial charge in [0.2, 0.25) is 0 Å². The third kappa shape index (κ3) is 4.68. The molecule has 25 heavy (non-hydrogen) atoms. The van der Waals surface area contributed by atoms with Gasteiger partial charge in [-0.25, -0.2) is 9.37 Å². The van der Waals surface area contributed by atoms with Gasteiger partial charge in [0.15, 0.2) is 11.6 Å². The average Bonchev–Trinajstić information content (AvgIpc) is 2.67. The van der Waals surface area contributed by atoms with Gasteiger partial charge in [-0.2, -0.15) is 5.26 Å². The van der Waals surface area contributed by atoms with Crippen LogP contribution in [0.4, 0.5) is 10.2 Å². The first-order valence-corrected chi connectivity index (χ1v) is 8.48. The highest BCUT2D eigenvalue weighted by atomic mass is 19.1. The van der Waals surface area contributed by atoms with Gasteiger partial charge in [-0.3, -0.25) is 0 Å². The number of hydrogen-bond acceptors (Lipinski definition) is 5. The molecule has 1 N–H and O–H groups in total. The summed E-state index contributed by atoms with van der Waals surface area (Å²) >= 11 is 0. The number of para-hydroxylation sites is 1. The zero-order valence-electron chi connectivity index (χ0n) is 14.0. The van der Waals surface area contributed by atoms with Gasteiger partial charge in [0.05, 0.1) is 5.56 Å². The van der Waals surface area contributed by atoms with Crippen molar-refractivity contribution in [2.45, 2.75) is 18.9 Å². The van der Waals surface area contributed by atoms with E-state index in [0.29, 0.717) is 30.5 Å². The molecule has 2 heterocycles. The minimum absolute atomic E-state index is 0.297. The normalized spacial score (nSPS) is 15.0. The molecule has 1 aromatic carbocycles. The Balaban J connectivity index is 1.38. The van der Waals surface area contributed by atoms with E-state index < -0.39 is 0 Å². The van der Waals surface area contributed by atoms with E-state index in [4.69, 9.17) is 10.00 Å². The van der Waals surface area contributed by atoms with Crippen molar-refractivity contribution in [1.29, 1.82) is 5.26 Å². The summed E-state index contributed by atoms with van der Waals surface area (Å²) in [5.41, 5.74) is 0.579. The Labute approximate surface area is 147 Å². The Bertz CT molecular complexity index is 721. The number of aromatic nitrogens is 1. The second-order valence-corrected chi connectivity index (χ2v) is 6.01. The van der Waals surface area contributed by atoms with Crippen LogP contribution in [0.15, 0.2) is 42.6 Å². The molecule has 0 unspecified atom stereocenters. The molecule has 1 saturated heterocycles. The number of ether oxygens (including phenoxy) is 1. The number of piperidine rings is 1. The molecular weight excluding hydrogens is 319 g/mol. The fourth-order valence-corrected chi connectivity index (χ4v) is 2.94. The van der Waals surface area contributed by atoms with E-state index >= 15 is 0 Å². The van der Waals surface area contributed by atoms with Gasteiger partial charge in [-0.05, 0) is 37.1 Å². The zero-order chi connectivity index (χ0) is 17.5. The van der Waals surface area contributed by atoms with Crippen LogP contribution < -0.4 is 15.0 Å². The number of nitrogens with zero attached hydrogens (tertiary/aromatic N) is 3. The maximum absolute atomic E-state index is 13.4. The van der Waals surface area contributed by atoms with Crippen LogP contribution in [0, 0.1) is 17.1 Å². The molecule has 6 heteroatoms. The van der Waals surface area contributed by atoms with Crippen molar-refractivity contribution in [3.05, 3.63) is 54.0 Å². The summed E-state index contributed by atoms with van der Waals surface area (Å²) in [5, 5.41) is 12.3.